The molecule has 3 aromatic carbocycles. The summed E-state index contributed by atoms with van der Waals surface area (Å²) in [6.45, 7) is 5.44. The lowest BCUT2D eigenvalue weighted by Crippen LogP contribution is -2.54. The average Bonchev–Trinajstić information content (AvgIpc) is 3.01. The van der Waals surface area contributed by atoms with Gasteiger partial charge in [-0.05, 0) is 80.6 Å². The van der Waals surface area contributed by atoms with Crippen LogP contribution in [0, 0.1) is 13.8 Å². The summed E-state index contributed by atoms with van der Waals surface area (Å²) in [7, 11) is -2.60. The van der Waals surface area contributed by atoms with Crippen molar-refractivity contribution < 1.29 is 22.7 Å². The maximum atomic E-state index is 14.3. The van der Waals surface area contributed by atoms with Crippen LogP contribution in [0.4, 0.5) is 5.69 Å². The number of nitrogens with one attached hydrogen (secondary N) is 1. The molecule has 0 saturated heterocycles. The Labute approximate surface area is 256 Å². The number of rotatable bonds is 12. The van der Waals surface area contributed by atoms with E-state index in [-0.39, 0.29) is 23.4 Å². The molecule has 3 aromatic rings. The van der Waals surface area contributed by atoms with Gasteiger partial charge in [0, 0.05) is 12.6 Å². The predicted molar refractivity (Wildman–Crippen MR) is 170 cm³/mol. The highest BCUT2D eigenvalue weighted by Crippen LogP contribution is 2.27. The van der Waals surface area contributed by atoms with Crippen LogP contribution in [0.1, 0.15) is 62.1 Å². The van der Waals surface area contributed by atoms with Gasteiger partial charge in [-0.15, -0.1) is 0 Å². The summed E-state index contributed by atoms with van der Waals surface area (Å²) in [6, 6.07) is 20.2. The SMILES string of the molecule is CCC(C(=O)NC1CCCCC1)N(Cc1ccccc1C)C(=O)CN(c1ccc(OC)cc1)S(=O)(=O)c1ccc(C)cc1. The van der Waals surface area contributed by atoms with Crippen molar-refractivity contribution in [3.05, 3.63) is 89.5 Å². The quantitative estimate of drug-likeness (QED) is 0.283. The fourth-order valence-electron chi connectivity index (χ4n) is 5.55. The van der Waals surface area contributed by atoms with Crippen LogP contribution in [-0.2, 0) is 26.2 Å². The lowest BCUT2D eigenvalue weighted by Gasteiger charge is -2.34. The Balaban J connectivity index is 1.71. The zero-order valence-corrected chi connectivity index (χ0v) is 26.4. The van der Waals surface area contributed by atoms with Crippen molar-refractivity contribution in [1.82, 2.24) is 10.2 Å². The van der Waals surface area contributed by atoms with Crippen LogP contribution in [-0.4, -0.2) is 50.9 Å². The number of carbonyl (C=O) groups excluding carboxylic acids is 2. The van der Waals surface area contributed by atoms with Crippen LogP contribution < -0.4 is 14.4 Å². The van der Waals surface area contributed by atoms with Crippen LogP contribution in [0.2, 0.25) is 0 Å². The lowest BCUT2D eigenvalue weighted by atomic mass is 9.95. The molecule has 43 heavy (non-hydrogen) atoms. The minimum atomic E-state index is -4.13. The highest BCUT2D eigenvalue weighted by Gasteiger charge is 2.34. The number of anilines is 1. The van der Waals surface area contributed by atoms with Crippen LogP contribution in [0.3, 0.4) is 0 Å². The number of ether oxygens (including phenoxy) is 1. The molecule has 0 aromatic heterocycles. The first-order valence-corrected chi connectivity index (χ1v) is 16.5. The monoisotopic (exact) mass is 605 g/mol. The molecule has 1 atom stereocenters. The van der Waals surface area contributed by atoms with Gasteiger partial charge in [0.1, 0.15) is 18.3 Å². The van der Waals surface area contributed by atoms with Crippen molar-refractivity contribution in [2.24, 2.45) is 0 Å². The standard InChI is InChI=1S/C34H43N3O5S/c1-5-32(34(39)35-28-13-7-6-8-14-28)36(23-27-12-10-9-11-26(27)3)33(38)24-37(29-17-19-30(42-4)20-18-29)43(40,41)31-21-15-25(2)16-22-31/h9-12,15-22,28,32H,5-8,13-14,23-24H2,1-4H3,(H,35,39). The molecule has 230 valence electrons. The van der Waals surface area contributed by atoms with E-state index < -0.39 is 28.5 Å². The van der Waals surface area contributed by atoms with Gasteiger partial charge in [-0.3, -0.25) is 13.9 Å². The molecule has 2 amide bonds. The minimum absolute atomic E-state index is 0.0780. The van der Waals surface area contributed by atoms with Crippen LogP contribution in [0.5, 0.6) is 5.75 Å². The second kappa shape index (κ2) is 14.6. The molecule has 1 aliphatic carbocycles. The van der Waals surface area contributed by atoms with E-state index in [0.29, 0.717) is 17.9 Å². The van der Waals surface area contributed by atoms with Crippen molar-refractivity contribution in [3.8, 4) is 5.75 Å². The molecule has 1 N–H and O–H groups in total. The van der Waals surface area contributed by atoms with E-state index in [4.69, 9.17) is 4.74 Å². The number of carbonyl (C=O) groups is 2. The summed E-state index contributed by atoms with van der Waals surface area (Å²) < 4.78 is 34.5. The third-order valence-corrected chi connectivity index (χ3v) is 9.98. The Morgan fingerprint density at radius 1 is 0.930 bits per heavy atom. The van der Waals surface area contributed by atoms with Crippen molar-refractivity contribution in [1.29, 1.82) is 0 Å². The lowest BCUT2D eigenvalue weighted by molar-refractivity contribution is -0.140. The first-order chi connectivity index (χ1) is 20.6. The van der Waals surface area contributed by atoms with E-state index in [0.717, 1.165) is 53.1 Å². The van der Waals surface area contributed by atoms with Crippen molar-refractivity contribution in [2.45, 2.75) is 82.8 Å². The molecule has 0 bridgehead atoms. The molecule has 0 aliphatic heterocycles. The predicted octanol–water partition coefficient (Wildman–Crippen LogP) is 5.76. The Bertz CT molecular complexity index is 1480. The molecule has 4 rings (SSSR count). The number of amides is 2. The maximum absolute atomic E-state index is 14.3. The number of aryl methyl sites for hydroxylation is 2. The van der Waals surface area contributed by atoms with Gasteiger partial charge < -0.3 is 15.0 Å². The number of methoxy groups -OCH3 is 1. The maximum Gasteiger partial charge on any atom is 0.264 e. The van der Waals surface area contributed by atoms with Crippen molar-refractivity contribution >= 4 is 27.5 Å². The van der Waals surface area contributed by atoms with Crippen molar-refractivity contribution in [2.75, 3.05) is 18.0 Å². The third-order valence-electron chi connectivity index (χ3n) is 8.19. The van der Waals surface area contributed by atoms with Crippen LogP contribution in [0.15, 0.2) is 77.7 Å². The van der Waals surface area contributed by atoms with Gasteiger partial charge in [0.15, 0.2) is 0 Å². The summed E-state index contributed by atoms with van der Waals surface area (Å²) in [5.74, 6) is -0.0940. The van der Waals surface area contributed by atoms with Gasteiger partial charge >= 0.3 is 0 Å². The highest BCUT2D eigenvalue weighted by molar-refractivity contribution is 7.92. The van der Waals surface area contributed by atoms with E-state index in [9.17, 15) is 18.0 Å². The molecule has 1 fully saturated rings. The number of hydrogen-bond acceptors (Lipinski definition) is 5. The summed E-state index contributed by atoms with van der Waals surface area (Å²) in [5.41, 5.74) is 3.13. The molecule has 0 heterocycles. The second-order valence-corrected chi connectivity index (χ2v) is 13.1. The summed E-state index contributed by atoms with van der Waals surface area (Å²) >= 11 is 0. The Morgan fingerprint density at radius 2 is 1.58 bits per heavy atom. The third kappa shape index (κ3) is 7.96. The first kappa shape index (κ1) is 32.1. The normalized spacial score (nSPS) is 14.5. The number of sulfonamides is 1. The van der Waals surface area contributed by atoms with Gasteiger partial charge in [0.25, 0.3) is 10.0 Å². The largest absolute Gasteiger partial charge is 0.497 e. The molecule has 1 unspecified atom stereocenters. The molecule has 1 saturated carbocycles. The molecular weight excluding hydrogens is 562 g/mol. The van der Waals surface area contributed by atoms with E-state index in [1.54, 1.807) is 53.4 Å². The summed E-state index contributed by atoms with van der Waals surface area (Å²) in [5, 5.41) is 3.19. The summed E-state index contributed by atoms with van der Waals surface area (Å²) in [4.78, 5) is 29.6. The van der Waals surface area contributed by atoms with E-state index >= 15 is 0 Å². The Morgan fingerprint density at radius 3 is 2.19 bits per heavy atom. The number of nitrogens with zero attached hydrogens (tertiary/aromatic N) is 2. The van der Waals surface area contributed by atoms with E-state index in [2.05, 4.69) is 5.32 Å². The van der Waals surface area contributed by atoms with E-state index in [1.165, 1.54) is 7.11 Å². The molecule has 9 heteroatoms. The molecule has 0 radical (unpaired) electrons. The Kier molecular flexibility index (Phi) is 10.9. The second-order valence-electron chi connectivity index (χ2n) is 11.2. The van der Waals surface area contributed by atoms with Gasteiger partial charge in [-0.2, -0.15) is 0 Å². The minimum Gasteiger partial charge on any atom is -0.497 e. The molecule has 0 spiro atoms. The molecule has 1 aliphatic rings. The Hall–Kier alpha value is -3.85. The summed E-state index contributed by atoms with van der Waals surface area (Å²) in [6.07, 6.45) is 5.55. The first-order valence-electron chi connectivity index (χ1n) is 15.0. The zero-order chi connectivity index (χ0) is 31.0. The van der Waals surface area contributed by atoms with Gasteiger partial charge in [-0.25, -0.2) is 8.42 Å². The average molecular weight is 606 g/mol. The van der Waals surface area contributed by atoms with Crippen LogP contribution >= 0.6 is 0 Å². The molecule has 8 nitrogen and oxygen atoms in total. The number of benzene rings is 3. The fraction of sp³-hybridized carbons (Fsp3) is 0.412. The topological polar surface area (TPSA) is 96.0 Å². The molecular formula is C34H43N3O5S. The number of hydrogen-bond donors (Lipinski definition) is 1. The van der Waals surface area contributed by atoms with Gasteiger partial charge in [0.05, 0.1) is 17.7 Å². The van der Waals surface area contributed by atoms with E-state index in [1.807, 2.05) is 45.0 Å². The zero-order valence-electron chi connectivity index (χ0n) is 25.6. The van der Waals surface area contributed by atoms with Gasteiger partial charge in [0.2, 0.25) is 11.8 Å². The van der Waals surface area contributed by atoms with Crippen molar-refractivity contribution in [3.63, 3.8) is 0 Å². The smallest absolute Gasteiger partial charge is 0.264 e. The van der Waals surface area contributed by atoms with Gasteiger partial charge in [-0.1, -0.05) is 68.1 Å². The highest BCUT2D eigenvalue weighted by atomic mass is 32.2. The van der Waals surface area contributed by atoms with Crippen LogP contribution in [0.25, 0.3) is 0 Å². The fourth-order valence-corrected chi connectivity index (χ4v) is 6.96.